The summed E-state index contributed by atoms with van der Waals surface area (Å²) in [5.41, 5.74) is 13.2. The fraction of sp³-hybridized carbons (Fsp3) is 0.429. The van der Waals surface area contributed by atoms with Gasteiger partial charge in [-0.3, -0.25) is 0 Å². The second-order valence-electron chi connectivity index (χ2n) is 5.53. The topological polar surface area (TPSA) is 41.3 Å². The van der Waals surface area contributed by atoms with Crippen LogP contribution >= 0.6 is 0 Å². The van der Waals surface area contributed by atoms with E-state index in [0.29, 0.717) is 0 Å². The maximum Gasteiger partial charge on any atom is 0.104 e. The molecule has 0 spiro atoms. The van der Waals surface area contributed by atoms with Crippen molar-refractivity contribution >= 4 is 5.57 Å². The minimum absolute atomic E-state index is 0.000349. The zero-order valence-electron chi connectivity index (χ0n) is 11.0. The minimum atomic E-state index is -0.101. The minimum Gasteiger partial charge on any atom is -0.323 e. The molecule has 0 fully saturated rings. The smallest absolute Gasteiger partial charge is 0.104 e. The van der Waals surface area contributed by atoms with Crippen LogP contribution in [0, 0.1) is 6.92 Å². The van der Waals surface area contributed by atoms with Gasteiger partial charge in [-0.25, -0.2) is 0 Å². The molecule has 3 heteroatoms. The van der Waals surface area contributed by atoms with Gasteiger partial charge in [-0.05, 0) is 38.8 Å². The molecule has 1 aliphatic heterocycles. The van der Waals surface area contributed by atoms with Gasteiger partial charge in [0, 0.05) is 17.3 Å². The molecule has 1 aliphatic rings. The lowest BCUT2D eigenvalue weighted by atomic mass is 9.98. The van der Waals surface area contributed by atoms with E-state index in [2.05, 4.69) is 62.4 Å². The van der Waals surface area contributed by atoms with E-state index in [9.17, 15) is 0 Å². The fourth-order valence-corrected chi connectivity index (χ4v) is 2.19. The molecule has 1 aromatic carbocycles. The SMILES string of the molecule is Cc1ccccc1C1=CNN(C(C)(C)C)C1N. The Balaban J connectivity index is 2.30. The van der Waals surface area contributed by atoms with Gasteiger partial charge in [-0.2, -0.15) is 5.01 Å². The van der Waals surface area contributed by atoms with Crippen molar-refractivity contribution in [2.45, 2.75) is 39.4 Å². The van der Waals surface area contributed by atoms with Gasteiger partial charge < -0.3 is 11.2 Å². The Morgan fingerprint density at radius 1 is 1.24 bits per heavy atom. The standard InChI is InChI=1S/C14H21N3/c1-10-7-5-6-8-11(10)12-9-16-17(13(12)15)14(2,3)4/h5-9,13,16H,15H2,1-4H3. The predicted octanol–water partition coefficient (Wildman–Crippen LogP) is 2.24. The molecule has 0 aromatic heterocycles. The van der Waals surface area contributed by atoms with Crippen LogP contribution in [-0.2, 0) is 0 Å². The van der Waals surface area contributed by atoms with E-state index >= 15 is 0 Å². The lowest BCUT2D eigenvalue weighted by molar-refractivity contribution is 0.0831. The summed E-state index contributed by atoms with van der Waals surface area (Å²) in [6, 6.07) is 8.34. The van der Waals surface area contributed by atoms with Crippen LogP contribution in [0.5, 0.6) is 0 Å². The molecule has 17 heavy (non-hydrogen) atoms. The molecule has 0 amide bonds. The van der Waals surface area contributed by atoms with Crippen molar-refractivity contribution in [3.8, 4) is 0 Å². The molecular formula is C14H21N3. The molecule has 92 valence electrons. The van der Waals surface area contributed by atoms with Crippen molar-refractivity contribution in [1.29, 1.82) is 0 Å². The van der Waals surface area contributed by atoms with E-state index in [1.165, 1.54) is 11.1 Å². The average molecular weight is 231 g/mol. The number of aryl methyl sites for hydroxylation is 1. The fourth-order valence-electron chi connectivity index (χ4n) is 2.19. The van der Waals surface area contributed by atoms with Crippen LogP contribution in [0.1, 0.15) is 31.9 Å². The van der Waals surface area contributed by atoms with Crippen molar-refractivity contribution < 1.29 is 0 Å². The highest BCUT2D eigenvalue weighted by Gasteiger charge is 2.33. The van der Waals surface area contributed by atoms with Gasteiger partial charge in [0.1, 0.15) is 6.17 Å². The molecule has 3 N–H and O–H groups in total. The Morgan fingerprint density at radius 3 is 2.41 bits per heavy atom. The van der Waals surface area contributed by atoms with Crippen LogP contribution in [0.25, 0.3) is 5.57 Å². The molecule has 1 atom stereocenters. The van der Waals surface area contributed by atoms with Crippen molar-refractivity contribution in [3.63, 3.8) is 0 Å². The predicted molar refractivity (Wildman–Crippen MR) is 71.9 cm³/mol. The molecular weight excluding hydrogens is 210 g/mol. The Kier molecular flexibility index (Phi) is 2.98. The molecule has 0 saturated heterocycles. The molecule has 0 aliphatic carbocycles. The average Bonchev–Trinajstić information content (AvgIpc) is 2.60. The first-order valence-electron chi connectivity index (χ1n) is 5.98. The molecule has 1 aromatic rings. The van der Waals surface area contributed by atoms with E-state index in [4.69, 9.17) is 5.73 Å². The first-order valence-corrected chi connectivity index (χ1v) is 5.98. The highest BCUT2D eigenvalue weighted by molar-refractivity contribution is 5.72. The van der Waals surface area contributed by atoms with Gasteiger partial charge in [-0.1, -0.05) is 24.3 Å². The number of rotatable bonds is 1. The summed E-state index contributed by atoms with van der Waals surface area (Å²) in [6.07, 6.45) is 1.91. The third-order valence-corrected chi connectivity index (χ3v) is 3.13. The summed E-state index contributed by atoms with van der Waals surface area (Å²) in [5, 5.41) is 2.08. The van der Waals surface area contributed by atoms with Crippen LogP contribution < -0.4 is 11.2 Å². The number of hydrazine groups is 1. The van der Waals surface area contributed by atoms with Gasteiger partial charge in [-0.15, -0.1) is 0 Å². The summed E-state index contributed by atoms with van der Waals surface area (Å²) in [4.78, 5) is 0. The Labute approximate surface area is 103 Å². The number of hydrogen-bond donors (Lipinski definition) is 2. The van der Waals surface area contributed by atoms with Crippen LogP contribution in [0.2, 0.25) is 0 Å². The lowest BCUT2D eigenvalue weighted by Crippen LogP contribution is -2.54. The van der Waals surface area contributed by atoms with E-state index in [-0.39, 0.29) is 11.7 Å². The maximum atomic E-state index is 6.31. The zero-order valence-corrected chi connectivity index (χ0v) is 11.0. The van der Waals surface area contributed by atoms with Crippen molar-refractivity contribution in [3.05, 3.63) is 41.6 Å². The summed E-state index contributed by atoms with van der Waals surface area (Å²) in [7, 11) is 0. The van der Waals surface area contributed by atoms with Crippen molar-refractivity contribution in [2.75, 3.05) is 0 Å². The number of hydrogen-bond acceptors (Lipinski definition) is 3. The summed E-state index contributed by atoms with van der Waals surface area (Å²) in [5.74, 6) is 0. The lowest BCUT2D eigenvalue weighted by Gasteiger charge is -2.35. The first-order chi connectivity index (χ1) is 7.91. The quantitative estimate of drug-likeness (QED) is 0.779. The van der Waals surface area contributed by atoms with E-state index in [0.717, 1.165) is 5.57 Å². The molecule has 0 saturated carbocycles. The van der Waals surface area contributed by atoms with Crippen molar-refractivity contribution in [2.24, 2.45) is 5.73 Å². The number of nitrogens with two attached hydrogens (primary N) is 1. The molecule has 1 unspecified atom stereocenters. The monoisotopic (exact) mass is 231 g/mol. The van der Waals surface area contributed by atoms with Crippen LogP contribution in [0.15, 0.2) is 30.5 Å². The van der Waals surface area contributed by atoms with E-state index in [1.807, 2.05) is 6.20 Å². The molecule has 2 rings (SSSR count). The Morgan fingerprint density at radius 2 is 1.88 bits per heavy atom. The molecule has 3 nitrogen and oxygen atoms in total. The zero-order chi connectivity index (χ0) is 12.6. The second kappa shape index (κ2) is 4.17. The molecule has 0 radical (unpaired) electrons. The van der Waals surface area contributed by atoms with E-state index in [1.54, 1.807) is 0 Å². The summed E-state index contributed by atoms with van der Waals surface area (Å²) in [6.45, 7) is 8.56. The molecule has 1 heterocycles. The van der Waals surface area contributed by atoms with Gasteiger partial charge >= 0.3 is 0 Å². The number of nitrogens with zero attached hydrogens (tertiary/aromatic N) is 1. The Bertz CT molecular complexity index is 443. The summed E-state index contributed by atoms with van der Waals surface area (Å²) >= 11 is 0. The third-order valence-electron chi connectivity index (χ3n) is 3.13. The van der Waals surface area contributed by atoms with Gasteiger partial charge in [0.05, 0.1) is 0 Å². The first kappa shape index (κ1) is 12.1. The number of benzene rings is 1. The highest BCUT2D eigenvalue weighted by Crippen LogP contribution is 2.28. The third kappa shape index (κ3) is 2.21. The van der Waals surface area contributed by atoms with Crippen LogP contribution in [-0.4, -0.2) is 16.7 Å². The van der Waals surface area contributed by atoms with Crippen LogP contribution in [0.4, 0.5) is 0 Å². The second-order valence-corrected chi connectivity index (χ2v) is 5.53. The van der Waals surface area contributed by atoms with Gasteiger partial charge in [0.2, 0.25) is 0 Å². The van der Waals surface area contributed by atoms with E-state index < -0.39 is 0 Å². The Hall–Kier alpha value is -1.32. The normalized spacial score (nSPS) is 21.2. The van der Waals surface area contributed by atoms with Gasteiger partial charge in [0.15, 0.2) is 0 Å². The maximum absolute atomic E-state index is 6.31. The molecule has 0 bridgehead atoms. The number of nitrogens with one attached hydrogen (secondary N) is 1. The summed E-state index contributed by atoms with van der Waals surface area (Å²) < 4.78 is 0. The largest absolute Gasteiger partial charge is 0.323 e. The van der Waals surface area contributed by atoms with Crippen molar-refractivity contribution in [1.82, 2.24) is 10.4 Å². The highest BCUT2D eigenvalue weighted by atomic mass is 15.6. The van der Waals surface area contributed by atoms with Crippen LogP contribution in [0.3, 0.4) is 0 Å². The van der Waals surface area contributed by atoms with Gasteiger partial charge in [0.25, 0.3) is 0 Å².